The Balaban J connectivity index is 2.04. The zero-order valence-electron chi connectivity index (χ0n) is 12.1. The van der Waals surface area contributed by atoms with E-state index in [1.54, 1.807) is 31.4 Å². The van der Waals surface area contributed by atoms with Crippen LogP contribution in [0, 0.1) is 6.92 Å². The SMILES string of the molecule is COC(CNC(=O)c1cccc(Cl)c1)c1ccccc1C. The minimum Gasteiger partial charge on any atom is -0.375 e. The normalized spacial score (nSPS) is 12.0. The van der Waals surface area contributed by atoms with Gasteiger partial charge in [-0.2, -0.15) is 0 Å². The number of carbonyl (C=O) groups excluding carboxylic acids is 1. The van der Waals surface area contributed by atoms with E-state index in [4.69, 9.17) is 16.3 Å². The first-order valence-electron chi connectivity index (χ1n) is 6.74. The van der Waals surface area contributed by atoms with Crippen LogP contribution in [0.1, 0.15) is 27.6 Å². The number of benzene rings is 2. The molecule has 110 valence electrons. The molecule has 0 spiro atoms. The Hall–Kier alpha value is -1.84. The monoisotopic (exact) mass is 303 g/mol. The first kappa shape index (κ1) is 15.5. The van der Waals surface area contributed by atoms with Gasteiger partial charge in [-0.15, -0.1) is 0 Å². The molecule has 0 saturated heterocycles. The van der Waals surface area contributed by atoms with Crippen LogP contribution in [0.2, 0.25) is 5.02 Å². The summed E-state index contributed by atoms with van der Waals surface area (Å²) >= 11 is 5.89. The number of carbonyl (C=O) groups is 1. The smallest absolute Gasteiger partial charge is 0.251 e. The first-order chi connectivity index (χ1) is 10.1. The summed E-state index contributed by atoms with van der Waals surface area (Å²) in [6.45, 7) is 2.44. The summed E-state index contributed by atoms with van der Waals surface area (Å²) < 4.78 is 5.49. The van der Waals surface area contributed by atoms with E-state index >= 15 is 0 Å². The predicted octanol–water partition coefficient (Wildman–Crippen LogP) is 3.77. The van der Waals surface area contributed by atoms with E-state index in [1.165, 1.54) is 0 Å². The van der Waals surface area contributed by atoms with E-state index in [-0.39, 0.29) is 12.0 Å². The number of aryl methyl sites for hydroxylation is 1. The van der Waals surface area contributed by atoms with Crippen LogP contribution in [-0.2, 0) is 4.74 Å². The zero-order valence-corrected chi connectivity index (χ0v) is 12.9. The van der Waals surface area contributed by atoms with Gasteiger partial charge in [0, 0.05) is 24.2 Å². The summed E-state index contributed by atoms with van der Waals surface area (Å²) in [5, 5.41) is 3.43. The van der Waals surface area contributed by atoms with Crippen LogP contribution in [0.4, 0.5) is 0 Å². The first-order valence-corrected chi connectivity index (χ1v) is 7.11. The Morgan fingerprint density at radius 3 is 2.67 bits per heavy atom. The molecule has 21 heavy (non-hydrogen) atoms. The highest BCUT2D eigenvalue weighted by atomic mass is 35.5. The highest BCUT2D eigenvalue weighted by Crippen LogP contribution is 2.20. The second kappa shape index (κ2) is 7.25. The number of amides is 1. The topological polar surface area (TPSA) is 38.3 Å². The molecule has 1 unspecified atom stereocenters. The Morgan fingerprint density at radius 1 is 1.24 bits per heavy atom. The van der Waals surface area contributed by atoms with Crippen molar-refractivity contribution < 1.29 is 9.53 Å². The summed E-state index contributed by atoms with van der Waals surface area (Å²) in [6.07, 6.45) is -0.172. The molecule has 1 amide bonds. The van der Waals surface area contributed by atoms with Crippen molar-refractivity contribution in [3.05, 3.63) is 70.2 Å². The number of nitrogens with one attached hydrogen (secondary N) is 1. The fraction of sp³-hybridized carbons (Fsp3) is 0.235. The fourth-order valence-electron chi connectivity index (χ4n) is 2.19. The maximum Gasteiger partial charge on any atom is 0.251 e. The van der Waals surface area contributed by atoms with Gasteiger partial charge in [-0.3, -0.25) is 4.79 Å². The summed E-state index contributed by atoms with van der Waals surface area (Å²) in [5.74, 6) is -0.159. The van der Waals surface area contributed by atoms with E-state index in [0.29, 0.717) is 17.1 Å². The standard InChI is InChI=1S/C17H18ClNO2/c1-12-6-3-4-9-15(12)16(21-2)11-19-17(20)13-7-5-8-14(18)10-13/h3-10,16H,11H2,1-2H3,(H,19,20). The fourth-order valence-corrected chi connectivity index (χ4v) is 2.38. The molecule has 0 aliphatic heterocycles. The Morgan fingerprint density at radius 2 is 2.00 bits per heavy atom. The van der Waals surface area contributed by atoms with Gasteiger partial charge in [0.15, 0.2) is 0 Å². The number of hydrogen-bond donors (Lipinski definition) is 1. The lowest BCUT2D eigenvalue weighted by atomic mass is 10.0. The van der Waals surface area contributed by atoms with Crippen LogP contribution in [0.15, 0.2) is 48.5 Å². The molecule has 0 radical (unpaired) electrons. The third-order valence-electron chi connectivity index (χ3n) is 3.35. The maximum absolute atomic E-state index is 12.1. The second-order valence-corrected chi connectivity index (χ2v) is 5.24. The molecule has 2 aromatic rings. The van der Waals surface area contributed by atoms with E-state index in [1.807, 2.05) is 31.2 Å². The zero-order chi connectivity index (χ0) is 15.2. The molecule has 1 N–H and O–H groups in total. The van der Waals surface area contributed by atoms with Crippen LogP contribution in [-0.4, -0.2) is 19.6 Å². The molecule has 0 saturated carbocycles. The number of hydrogen-bond acceptors (Lipinski definition) is 2. The Labute approximate surface area is 129 Å². The highest BCUT2D eigenvalue weighted by Gasteiger charge is 2.14. The van der Waals surface area contributed by atoms with Crippen molar-refractivity contribution in [3.8, 4) is 0 Å². The van der Waals surface area contributed by atoms with Crippen molar-refractivity contribution in [2.75, 3.05) is 13.7 Å². The van der Waals surface area contributed by atoms with Crippen molar-refractivity contribution in [2.45, 2.75) is 13.0 Å². The molecule has 1 atom stereocenters. The molecular weight excluding hydrogens is 286 g/mol. The maximum atomic E-state index is 12.1. The lowest BCUT2D eigenvalue weighted by molar-refractivity contribution is 0.0826. The summed E-state index contributed by atoms with van der Waals surface area (Å²) in [5.41, 5.74) is 2.76. The van der Waals surface area contributed by atoms with E-state index in [2.05, 4.69) is 5.32 Å². The van der Waals surface area contributed by atoms with Gasteiger partial charge < -0.3 is 10.1 Å². The second-order valence-electron chi connectivity index (χ2n) is 4.80. The molecule has 0 aliphatic rings. The number of methoxy groups -OCH3 is 1. The minimum absolute atomic E-state index is 0.159. The molecule has 0 aliphatic carbocycles. The van der Waals surface area contributed by atoms with E-state index in [9.17, 15) is 4.79 Å². The molecular formula is C17H18ClNO2. The molecule has 2 aromatic carbocycles. The van der Waals surface area contributed by atoms with Crippen molar-refractivity contribution >= 4 is 17.5 Å². The minimum atomic E-state index is -0.172. The lowest BCUT2D eigenvalue weighted by Crippen LogP contribution is -2.29. The Kier molecular flexibility index (Phi) is 5.37. The lowest BCUT2D eigenvalue weighted by Gasteiger charge is -2.18. The van der Waals surface area contributed by atoms with Gasteiger partial charge in [0.05, 0.1) is 6.10 Å². The molecule has 0 bridgehead atoms. The van der Waals surface area contributed by atoms with Gasteiger partial charge in [0.25, 0.3) is 5.91 Å². The average Bonchev–Trinajstić information content (AvgIpc) is 2.49. The average molecular weight is 304 g/mol. The quantitative estimate of drug-likeness (QED) is 0.913. The van der Waals surface area contributed by atoms with Crippen molar-refractivity contribution in [1.29, 1.82) is 0 Å². The van der Waals surface area contributed by atoms with Crippen LogP contribution in [0.3, 0.4) is 0 Å². The van der Waals surface area contributed by atoms with E-state index in [0.717, 1.165) is 11.1 Å². The third-order valence-corrected chi connectivity index (χ3v) is 3.59. The van der Waals surface area contributed by atoms with Crippen LogP contribution in [0.25, 0.3) is 0 Å². The van der Waals surface area contributed by atoms with E-state index < -0.39 is 0 Å². The van der Waals surface area contributed by atoms with Crippen LogP contribution < -0.4 is 5.32 Å². The number of ether oxygens (including phenoxy) is 1. The molecule has 4 heteroatoms. The molecule has 2 rings (SSSR count). The van der Waals surface area contributed by atoms with Gasteiger partial charge in [-0.05, 0) is 36.2 Å². The summed E-state index contributed by atoms with van der Waals surface area (Å²) in [6, 6.07) is 14.9. The van der Waals surface area contributed by atoms with Gasteiger partial charge in [0.2, 0.25) is 0 Å². The largest absolute Gasteiger partial charge is 0.375 e. The summed E-state index contributed by atoms with van der Waals surface area (Å²) in [7, 11) is 1.64. The molecule has 0 fully saturated rings. The van der Waals surface area contributed by atoms with Crippen LogP contribution in [0.5, 0.6) is 0 Å². The highest BCUT2D eigenvalue weighted by molar-refractivity contribution is 6.30. The van der Waals surface area contributed by atoms with Gasteiger partial charge in [-0.1, -0.05) is 41.9 Å². The van der Waals surface area contributed by atoms with Crippen molar-refractivity contribution in [1.82, 2.24) is 5.32 Å². The predicted molar refractivity (Wildman–Crippen MR) is 84.7 cm³/mol. The Bertz CT molecular complexity index is 628. The van der Waals surface area contributed by atoms with Crippen molar-refractivity contribution in [3.63, 3.8) is 0 Å². The van der Waals surface area contributed by atoms with Crippen LogP contribution >= 0.6 is 11.6 Å². The number of halogens is 1. The summed E-state index contributed by atoms with van der Waals surface area (Å²) in [4.78, 5) is 12.1. The van der Waals surface area contributed by atoms with Gasteiger partial charge >= 0.3 is 0 Å². The number of rotatable bonds is 5. The van der Waals surface area contributed by atoms with Gasteiger partial charge in [0.1, 0.15) is 0 Å². The molecule has 0 aromatic heterocycles. The van der Waals surface area contributed by atoms with Crippen molar-refractivity contribution in [2.24, 2.45) is 0 Å². The molecule has 3 nitrogen and oxygen atoms in total. The van der Waals surface area contributed by atoms with Gasteiger partial charge in [-0.25, -0.2) is 0 Å². The third kappa shape index (κ3) is 4.06. The molecule has 0 heterocycles.